The summed E-state index contributed by atoms with van der Waals surface area (Å²) in [6.45, 7) is 4.00. The van der Waals surface area contributed by atoms with Gasteiger partial charge in [-0.25, -0.2) is 0 Å². The summed E-state index contributed by atoms with van der Waals surface area (Å²) in [4.78, 5) is 0. The SMILES string of the molecule is CC.OC(c1ccccc1)c1ccc(Oc2ccccc2)cc1. The van der Waals surface area contributed by atoms with Crippen LogP contribution >= 0.6 is 0 Å². The van der Waals surface area contributed by atoms with Gasteiger partial charge in [0.2, 0.25) is 0 Å². The lowest BCUT2D eigenvalue weighted by atomic mass is 10.0. The van der Waals surface area contributed by atoms with Gasteiger partial charge in [0, 0.05) is 0 Å². The van der Waals surface area contributed by atoms with E-state index in [1.165, 1.54) is 0 Å². The van der Waals surface area contributed by atoms with Gasteiger partial charge in [0.1, 0.15) is 17.6 Å². The molecule has 23 heavy (non-hydrogen) atoms. The highest BCUT2D eigenvalue weighted by molar-refractivity contribution is 5.36. The van der Waals surface area contributed by atoms with Crippen LogP contribution in [0.4, 0.5) is 0 Å². The number of aliphatic hydroxyl groups is 1. The average molecular weight is 306 g/mol. The van der Waals surface area contributed by atoms with Gasteiger partial charge in [-0.2, -0.15) is 0 Å². The molecule has 3 aromatic rings. The lowest BCUT2D eigenvalue weighted by Crippen LogP contribution is -1.98. The molecule has 0 heterocycles. The Morgan fingerprint density at radius 2 is 1.04 bits per heavy atom. The lowest BCUT2D eigenvalue weighted by molar-refractivity contribution is 0.220. The minimum Gasteiger partial charge on any atom is -0.457 e. The Balaban J connectivity index is 0.000000924. The molecule has 3 rings (SSSR count). The van der Waals surface area contributed by atoms with Crippen LogP contribution in [0.25, 0.3) is 0 Å². The lowest BCUT2D eigenvalue weighted by Gasteiger charge is -2.12. The highest BCUT2D eigenvalue weighted by atomic mass is 16.5. The smallest absolute Gasteiger partial charge is 0.127 e. The molecule has 1 unspecified atom stereocenters. The van der Waals surface area contributed by atoms with Crippen LogP contribution in [-0.2, 0) is 0 Å². The van der Waals surface area contributed by atoms with Gasteiger partial charge in [0.05, 0.1) is 0 Å². The third-order valence-electron chi connectivity index (χ3n) is 3.29. The van der Waals surface area contributed by atoms with Gasteiger partial charge in [0.15, 0.2) is 0 Å². The standard InChI is InChI=1S/C19H16O2.C2H6/c20-19(15-7-3-1-4-8-15)16-11-13-18(14-12-16)21-17-9-5-2-6-10-17;1-2/h1-14,19-20H;1-2H3. The second-order valence-corrected chi connectivity index (χ2v) is 4.80. The van der Waals surface area contributed by atoms with Crippen molar-refractivity contribution < 1.29 is 9.84 Å². The molecule has 0 bridgehead atoms. The van der Waals surface area contributed by atoms with Crippen molar-refractivity contribution in [2.24, 2.45) is 0 Å². The van der Waals surface area contributed by atoms with Crippen LogP contribution < -0.4 is 4.74 Å². The highest BCUT2D eigenvalue weighted by Crippen LogP contribution is 2.26. The predicted octanol–water partition coefficient (Wildman–Crippen LogP) is 5.59. The summed E-state index contributed by atoms with van der Waals surface area (Å²) in [6.07, 6.45) is -0.614. The zero-order chi connectivity index (χ0) is 16.5. The Labute approximate surface area is 138 Å². The molecular formula is C21H22O2. The van der Waals surface area contributed by atoms with Gasteiger partial charge in [-0.1, -0.05) is 74.5 Å². The van der Waals surface area contributed by atoms with Crippen LogP contribution in [0.3, 0.4) is 0 Å². The summed E-state index contributed by atoms with van der Waals surface area (Å²) in [7, 11) is 0. The molecule has 1 N–H and O–H groups in total. The molecule has 0 saturated carbocycles. The van der Waals surface area contributed by atoms with Crippen molar-refractivity contribution in [2.75, 3.05) is 0 Å². The fraction of sp³-hybridized carbons (Fsp3) is 0.143. The number of hydrogen-bond acceptors (Lipinski definition) is 2. The van der Waals surface area contributed by atoms with E-state index in [-0.39, 0.29) is 0 Å². The van der Waals surface area contributed by atoms with E-state index in [1.54, 1.807) is 0 Å². The van der Waals surface area contributed by atoms with Crippen LogP contribution in [0, 0.1) is 0 Å². The minimum atomic E-state index is -0.614. The number of hydrogen-bond donors (Lipinski definition) is 1. The van der Waals surface area contributed by atoms with Crippen molar-refractivity contribution in [3.63, 3.8) is 0 Å². The second kappa shape index (κ2) is 8.76. The number of aliphatic hydroxyl groups excluding tert-OH is 1. The fourth-order valence-corrected chi connectivity index (χ4v) is 2.17. The Hall–Kier alpha value is -2.58. The number of benzene rings is 3. The molecule has 0 spiro atoms. The molecule has 118 valence electrons. The van der Waals surface area contributed by atoms with Gasteiger partial charge >= 0.3 is 0 Å². The molecule has 2 nitrogen and oxygen atoms in total. The minimum absolute atomic E-state index is 0.614. The van der Waals surface area contributed by atoms with Gasteiger partial charge in [-0.3, -0.25) is 0 Å². The topological polar surface area (TPSA) is 29.5 Å². The molecular weight excluding hydrogens is 284 g/mol. The van der Waals surface area contributed by atoms with Crippen LogP contribution in [0.5, 0.6) is 11.5 Å². The molecule has 0 aromatic heterocycles. The highest BCUT2D eigenvalue weighted by Gasteiger charge is 2.09. The van der Waals surface area contributed by atoms with E-state index in [9.17, 15) is 5.11 Å². The summed E-state index contributed by atoms with van der Waals surface area (Å²) in [5, 5.41) is 10.3. The normalized spacial score (nSPS) is 11.1. The van der Waals surface area contributed by atoms with Crippen LogP contribution in [0.15, 0.2) is 84.9 Å². The third-order valence-corrected chi connectivity index (χ3v) is 3.29. The first-order valence-corrected chi connectivity index (χ1v) is 7.89. The summed E-state index contributed by atoms with van der Waals surface area (Å²) in [5.41, 5.74) is 1.73. The van der Waals surface area contributed by atoms with E-state index < -0.39 is 6.10 Å². The van der Waals surface area contributed by atoms with Crippen molar-refractivity contribution in [1.82, 2.24) is 0 Å². The van der Waals surface area contributed by atoms with Crippen molar-refractivity contribution in [3.05, 3.63) is 96.1 Å². The molecule has 0 radical (unpaired) electrons. The Bertz CT molecular complexity index is 676. The van der Waals surface area contributed by atoms with Gasteiger partial charge < -0.3 is 9.84 Å². The first-order chi connectivity index (χ1) is 11.3. The maximum absolute atomic E-state index is 10.3. The Morgan fingerprint density at radius 3 is 1.61 bits per heavy atom. The first-order valence-electron chi connectivity index (χ1n) is 7.89. The zero-order valence-corrected chi connectivity index (χ0v) is 13.5. The summed E-state index contributed by atoms with van der Waals surface area (Å²) >= 11 is 0. The van der Waals surface area contributed by atoms with Gasteiger partial charge in [-0.15, -0.1) is 0 Å². The molecule has 2 heteroatoms. The summed E-state index contributed by atoms with van der Waals surface area (Å²) in [6, 6.07) is 26.8. The van der Waals surface area contributed by atoms with Crippen LogP contribution in [-0.4, -0.2) is 5.11 Å². The molecule has 0 saturated heterocycles. The molecule has 3 aromatic carbocycles. The van der Waals surface area contributed by atoms with Gasteiger partial charge in [-0.05, 0) is 35.4 Å². The molecule has 0 aliphatic heterocycles. The van der Waals surface area contributed by atoms with E-state index in [2.05, 4.69) is 0 Å². The Morgan fingerprint density at radius 1 is 0.609 bits per heavy atom. The predicted molar refractivity (Wildman–Crippen MR) is 94.8 cm³/mol. The average Bonchev–Trinajstić information content (AvgIpc) is 2.65. The zero-order valence-electron chi connectivity index (χ0n) is 13.5. The monoisotopic (exact) mass is 306 g/mol. The summed E-state index contributed by atoms with van der Waals surface area (Å²) in [5.74, 6) is 1.55. The number of para-hydroxylation sites is 1. The van der Waals surface area contributed by atoms with Crippen LogP contribution in [0.1, 0.15) is 31.1 Å². The van der Waals surface area contributed by atoms with E-state index in [4.69, 9.17) is 4.74 Å². The molecule has 0 amide bonds. The van der Waals surface area contributed by atoms with Crippen molar-refractivity contribution in [3.8, 4) is 11.5 Å². The Kier molecular flexibility index (Phi) is 6.40. The molecule has 1 atom stereocenters. The van der Waals surface area contributed by atoms with Crippen molar-refractivity contribution in [1.29, 1.82) is 0 Å². The van der Waals surface area contributed by atoms with E-state index in [0.717, 1.165) is 22.6 Å². The number of rotatable bonds is 4. The van der Waals surface area contributed by atoms with Gasteiger partial charge in [0.25, 0.3) is 0 Å². The second-order valence-electron chi connectivity index (χ2n) is 4.80. The fourth-order valence-electron chi connectivity index (χ4n) is 2.17. The molecule has 0 aliphatic rings. The van der Waals surface area contributed by atoms with E-state index >= 15 is 0 Å². The summed E-state index contributed by atoms with van der Waals surface area (Å²) < 4.78 is 5.74. The largest absolute Gasteiger partial charge is 0.457 e. The maximum atomic E-state index is 10.3. The first kappa shape index (κ1) is 16.8. The van der Waals surface area contributed by atoms with E-state index in [1.807, 2.05) is 98.8 Å². The molecule has 0 aliphatic carbocycles. The number of ether oxygens (including phenoxy) is 1. The van der Waals surface area contributed by atoms with Crippen LogP contribution in [0.2, 0.25) is 0 Å². The molecule has 0 fully saturated rings. The quantitative estimate of drug-likeness (QED) is 0.681. The third kappa shape index (κ3) is 4.70. The van der Waals surface area contributed by atoms with E-state index in [0.29, 0.717) is 0 Å². The van der Waals surface area contributed by atoms with Crippen molar-refractivity contribution in [2.45, 2.75) is 20.0 Å². The maximum Gasteiger partial charge on any atom is 0.127 e. The van der Waals surface area contributed by atoms with Crippen molar-refractivity contribution >= 4 is 0 Å².